The molecule has 2 aromatic rings. The Kier molecular flexibility index (Phi) is 4.77. The molecule has 20 heavy (non-hydrogen) atoms. The van der Waals surface area contributed by atoms with Crippen LogP contribution in [0.15, 0.2) is 48.5 Å². The highest BCUT2D eigenvalue weighted by Gasteiger charge is 2.06. The zero-order valence-electron chi connectivity index (χ0n) is 11.8. The van der Waals surface area contributed by atoms with E-state index in [1.807, 2.05) is 43.3 Å². The maximum atomic E-state index is 11.7. The van der Waals surface area contributed by atoms with Crippen LogP contribution in [0.1, 0.15) is 23.7 Å². The van der Waals surface area contributed by atoms with Crippen molar-refractivity contribution in [1.29, 1.82) is 0 Å². The van der Waals surface area contributed by atoms with Gasteiger partial charge < -0.3 is 9.47 Å². The van der Waals surface area contributed by atoms with E-state index in [1.54, 1.807) is 19.2 Å². The predicted molar refractivity (Wildman–Crippen MR) is 79.0 cm³/mol. The summed E-state index contributed by atoms with van der Waals surface area (Å²) < 4.78 is 10.2. The molecule has 3 nitrogen and oxygen atoms in total. The molecule has 0 amide bonds. The van der Waals surface area contributed by atoms with Crippen LogP contribution in [-0.2, 0) is 4.74 Å². The fourth-order valence-electron chi connectivity index (χ4n) is 1.86. The van der Waals surface area contributed by atoms with Crippen molar-refractivity contribution < 1.29 is 14.3 Å². The fourth-order valence-corrected chi connectivity index (χ4v) is 1.86. The second-order valence-electron chi connectivity index (χ2n) is 4.44. The first-order valence-electron chi connectivity index (χ1n) is 6.66. The summed E-state index contributed by atoms with van der Waals surface area (Å²) >= 11 is 0. The van der Waals surface area contributed by atoms with E-state index in [0.29, 0.717) is 12.2 Å². The molecule has 0 saturated heterocycles. The van der Waals surface area contributed by atoms with Crippen molar-refractivity contribution in [3.05, 3.63) is 54.1 Å². The number of carbonyl (C=O) groups excluding carboxylic acids is 1. The molecule has 0 fully saturated rings. The van der Waals surface area contributed by atoms with Gasteiger partial charge in [-0.2, -0.15) is 0 Å². The zero-order chi connectivity index (χ0) is 14.4. The van der Waals surface area contributed by atoms with Crippen LogP contribution >= 0.6 is 0 Å². The normalized spacial score (nSPS) is 10.1. The summed E-state index contributed by atoms with van der Waals surface area (Å²) in [7, 11) is 1.64. The molecule has 0 radical (unpaired) electrons. The number of benzene rings is 2. The number of methoxy groups -OCH3 is 1. The van der Waals surface area contributed by atoms with Gasteiger partial charge in [-0.05, 0) is 41.8 Å². The minimum Gasteiger partial charge on any atom is -0.497 e. The van der Waals surface area contributed by atoms with Crippen LogP contribution in [0.3, 0.4) is 0 Å². The Morgan fingerprint density at radius 3 is 2.00 bits per heavy atom. The van der Waals surface area contributed by atoms with Crippen molar-refractivity contribution in [2.75, 3.05) is 13.7 Å². The van der Waals surface area contributed by atoms with Gasteiger partial charge in [-0.25, -0.2) is 4.79 Å². The van der Waals surface area contributed by atoms with Gasteiger partial charge in [0.05, 0.1) is 19.3 Å². The predicted octanol–water partition coefficient (Wildman–Crippen LogP) is 3.93. The van der Waals surface area contributed by atoms with Gasteiger partial charge in [-0.15, -0.1) is 0 Å². The molecule has 104 valence electrons. The van der Waals surface area contributed by atoms with Crippen molar-refractivity contribution in [2.24, 2.45) is 0 Å². The second kappa shape index (κ2) is 6.75. The van der Waals surface area contributed by atoms with E-state index >= 15 is 0 Å². The van der Waals surface area contributed by atoms with Gasteiger partial charge in [-0.1, -0.05) is 31.2 Å². The van der Waals surface area contributed by atoms with E-state index in [-0.39, 0.29) is 5.97 Å². The Bertz CT molecular complexity index is 556. The molecule has 0 spiro atoms. The van der Waals surface area contributed by atoms with E-state index in [0.717, 1.165) is 23.3 Å². The SMILES string of the molecule is CCCOC(=O)c1ccc(-c2ccc(OC)cc2)cc1. The van der Waals surface area contributed by atoms with E-state index in [2.05, 4.69) is 0 Å². The van der Waals surface area contributed by atoms with E-state index in [1.165, 1.54) is 0 Å². The summed E-state index contributed by atoms with van der Waals surface area (Å²) in [5.41, 5.74) is 2.72. The van der Waals surface area contributed by atoms with Crippen molar-refractivity contribution in [1.82, 2.24) is 0 Å². The van der Waals surface area contributed by atoms with Crippen LogP contribution in [0, 0.1) is 0 Å². The molecule has 2 aromatic carbocycles. The van der Waals surface area contributed by atoms with Gasteiger partial charge in [-0.3, -0.25) is 0 Å². The lowest BCUT2D eigenvalue weighted by molar-refractivity contribution is 0.0505. The third kappa shape index (κ3) is 3.38. The summed E-state index contributed by atoms with van der Waals surface area (Å²) in [6.07, 6.45) is 0.829. The van der Waals surface area contributed by atoms with Crippen LogP contribution in [0.5, 0.6) is 5.75 Å². The number of ether oxygens (including phenoxy) is 2. The standard InChI is InChI=1S/C17H18O3/c1-3-12-20-17(18)15-6-4-13(5-7-15)14-8-10-16(19-2)11-9-14/h4-11H,3,12H2,1-2H3. The molecule has 0 N–H and O–H groups in total. The Hall–Kier alpha value is -2.29. The monoisotopic (exact) mass is 270 g/mol. The van der Waals surface area contributed by atoms with Gasteiger partial charge in [0, 0.05) is 0 Å². The average molecular weight is 270 g/mol. The topological polar surface area (TPSA) is 35.5 Å². The lowest BCUT2D eigenvalue weighted by atomic mass is 10.0. The third-order valence-electron chi connectivity index (χ3n) is 2.98. The highest BCUT2D eigenvalue weighted by Crippen LogP contribution is 2.22. The Labute approximate surface area is 119 Å². The van der Waals surface area contributed by atoms with Crippen molar-refractivity contribution in [2.45, 2.75) is 13.3 Å². The average Bonchev–Trinajstić information content (AvgIpc) is 2.53. The van der Waals surface area contributed by atoms with E-state index in [9.17, 15) is 4.79 Å². The molecule has 0 bridgehead atoms. The molecular weight excluding hydrogens is 252 g/mol. The minimum atomic E-state index is -0.270. The number of carbonyl (C=O) groups is 1. The fraction of sp³-hybridized carbons (Fsp3) is 0.235. The smallest absolute Gasteiger partial charge is 0.338 e. The largest absolute Gasteiger partial charge is 0.497 e. The van der Waals surface area contributed by atoms with Crippen LogP contribution in [0.4, 0.5) is 0 Å². The number of hydrogen-bond donors (Lipinski definition) is 0. The van der Waals surface area contributed by atoms with Crippen molar-refractivity contribution in [3.63, 3.8) is 0 Å². The molecular formula is C17H18O3. The van der Waals surface area contributed by atoms with E-state index < -0.39 is 0 Å². The Morgan fingerprint density at radius 2 is 1.50 bits per heavy atom. The first-order valence-corrected chi connectivity index (χ1v) is 6.66. The molecule has 0 heterocycles. The van der Waals surface area contributed by atoms with Gasteiger partial charge in [0.15, 0.2) is 0 Å². The Morgan fingerprint density at radius 1 is 0.950 bits per heavy atom. The Balaban J connectivity index is 2.12. The molecule has 2 rings (SSSR count). The molecule has 0 saturated carbocycles. The highest BCUT2D eigenvalue weighted by atomic mass is 16.5. The van der Waals surface area contributed by atoms with Crippen LogP contribution in [-0.4, -0.2) is 19.7 Å². The summed E-state index contributed by atoms with van der Waals surface area (Å²) in [6.45, 7) is 2.43. The molecule has 0 aliphatic carbocycles. The van der Waals surface area contributed by atoms with Crippen molar-refractivity contribution >= 4 is 5.97 Å². The molecule has 3 heteroatoms. The number of esters is 1. The molecule has 0 atom stereocenters. The lowest BCUT2D eigenvalue weighted by Gasteiger charge is -2.06. The summed E-state index contributed by atoms with van der Waals surface area (Å²) in [6, 6.07) is 15.2. The van der Waals surface area contributed by atoms with Crippen molar-refractivity contribution in [3.8, 4) is 16.9 Å². The summed E-state index contributed by atoms with van der Waals surface area (Å²) in [4.78, 5) is 11.7. The molecule has 0 aliphatic rings. The third-order valence-corrected chi connectivity index (χ3v) is 2.98. The summed E-state index contributed by atoms with van der Waals surface area (Å²) in [5, 5.41) is 0. The van der Waals surface area contributed by atoms with Gasteiger partial charge in [0.2, 0.25) is 0 Å². The van der Waals surface area contributed by atoms with Gasteiger partial charge in [0.25, 0.3) is 0 Å². The van der Waals surface area contributed by atoms with Crippen LogP contribution < -0.4 is 4.74 Å². The van der Waals surface area contributed by atoms with E-state index in [4.69, 9.17) is 9.47 Å². The van der Waals surface area contributed by atoms with Crippen LogP contribution in [0.2, 0.25) is 0 Å². The maximum Gasteiger partial charge on any atom is 0.338 e. The molecule has 0 unspecified atom stereocenters. The zero-order valence-corrected chi connectivity index (χ0v) is 11.8. The second-order valence-corrected chi connectivity index (χ2v) is 4.44. The number of hydrogen-bond acceptors (Lipinski definition) is 3. The first-order chi connectivity index (χ1) is 9.74. The summed E-state index contributed by atoms with van der Waals surface area (Å²) in [5.74, 6) is 0.557. The van der Waals surface area contributed by atoms with Gasteiger partial charge >= 0.3 is 5.97 Å². The quantitative estimate of drug-likeness (QED) is 0.772. The number of rotatable bonds is 5. The minimum absolute atomic E-state index is 0.270. The van der Waals surface area contributed by atoms with Gasteiger partial charge in [0.1, 0.15) is 5.75 Å². The molecule has 0 aromatic heterocycles. The maximum absolute atomic E-state index is 11.7. The lowest BCUT2D eigenvalue weighted by Crippen LogP contribution is -2.05. The van der Waals surface area contributed by atoms with Crippen LogP contribution in [0.25, 0.3) is 11.1 Å². The first kappa shape index (κ1) is 14.1. The molecule has 0 aliphatic heterocycles. The highest BCUT2D eigenvalue weighted by molar-refractivity contribution is 5.90.